The number of ether oxygens (including phenoxy) is 2. The predicted octanol–water partition coefficient (Wildman–Crippen LogP) is 2.43. The Hall–Kier alpha value is -1.55. The topological polar surface area (TPSA) is 55.8 Å². The van der Waals surface area contributed by atoms with Gasteiger partial charge in [-0.1, -0.05) is 6.92 Å². The molecule has 0 fully saturated rings. The molecule has 1 N–H and O–H groups in total. The molecule has 1 aromatic carbocycles. The first-order valence-electron chi connectivity index (χ1n) is 5.53. The zero-order valence-corrected chi connectivity index (χ0v) is 10.3. The summed E-state index contributed by atoms with van der Waals surface area (Å²) in [6, 6.07) is 6.40. The first kappa shape index (κ1) is 13.5. The molecule has 0 aliphatic heterocycles. The van der Waals surface area contributed by atoms with Crippen LogP contribution in [0, 0.1) is 5.92 Å². The average Bonchev–Trinajstić information content (AvgIpc) is 2.30. The van der Waals surface area contributed by atoms with E-state index in [1.165, 1.54) is 12.1 Å². The summed E-state index contributed by atoms with van der Waals surface area (Å²) >= 11 is 0. The van der Waals surface area contributed by atoms with Crippen molar-refractivity contribution in [3.05, 3.63) is 29.8 Å². The van der Waals surface area contributed by atoms with Crippen LogP contribution in [0.4, 0.5) is 0 Å². The van der Waals surface area contributed by atoms with Gasteiger partial charge in [0.25, 0.3) is 0 Å². The molecule has 0 saturated heterocycles. The molecule has 1 aromatic rings. The average molecular weight is 238 g/mol. The summed E-state index contributed by atoms with van der Waals surface area (Å²) in [5.74, 6) is 0.0157. The Balaban J connectivity index is 2.59. The SMILES string of the molecule is COC[C@H](C)[C@@H](C)Oc1ccc(C(=O)O)cc1. The van der Waals surface area contributed by atoms with Crippen LogP contribution in [0.25, 0.3) is 0 Å². The highest BCUT2D eigenvalue weighted by atomic mass is 16.5. The highest BCUT2D eigenvalue weighted by molar-refractivity contribution is 5.87. The summed E-state index contributed by atoms with van der Waals surface area (Å²) in [6.07, 6.45) is 0.0191. The van der Waals surface area contributed by atoms with Crippen LogP contribution in [0.2, 0.25) is 0 Å². The van der Waals surface area contributed by atoms with Crippen LogP contribution >= 0.6 is 0 Å². The molecule has 1 rings (SSSR count). The minimum Gasteiger partial charge on any atom is -0.490 e. The van der Waals surface area contributed by atoms with Gasteiger partial charge in [-0.25, -0.2) is 4.79 Å². The van der Waals surface area contributed by atoms with Crippen molar-refractivity contribution in [2.45, 2.75) is 20.0 Å². The van der Waals surface area contributed by atoms with Gasteiger partial charge in [-0.3, -0.25) is 0 Å². The smallest absolute Gasteiger partial charge is 0.335 e. The molecule has 0 aliphatic carbocycles. The Kier molecular flexibility index (Phi) is 4.97. The Morgan fingerprint density at radius 3 is 2.35 bits per heavy atom. The molecule has 0 aliphatic rings. The van der Waals surface area contributed by atoms with Gasteiger partial charge in [0.05, 0.1) is 12.2 Å². The van der Waals surface area contributed by atoms with E-state index in [9.17, 15) is 4.79 Å². The summed E-state index contributed by atoms with van der Waals surface area (Å²) in [5, 5.41) is 8.76. The second-order valence-corrected chi connectivity index (χ2v) is 4.09. The highest BCUT2D eigenvalue weighted by Gasteiger charge is 2.13. The lowest BCUT2D eigenvalue weighted by molar-refractivity contribution is 0.0696. The third kappa shape index (κ3) is 4.07. The van der Waals surface area contributed by atoms with Crippen molar-refractivity contribution in [3.63, 3.8) is 0 Å². The summed E-state index contributed by atoms with van der Waals surface area (Å²) in [7, 11) is 1.66. The van der Waals surface area contributed by atoms with E-state index in [-0.39, 0.29) is 17.6 Å². The monoisotopic (exact) mass is 238 g/mol. The molecule has 17 heavy (non-hydrogen) atoms. The van der Waals surface area contributed by atoms with E-state index in [1.807, 2.05) is 13.8 Å². The van der Waals surface area contributed by atoms with E-state index in [2.05, 4.69) is 0 Å². The maximum absolute atomic E-state index is 10.7. The number of rotatable bonds is 6. The number of benzene rings is 1. The molecule has 4 heteroatoms. The number of methoxy groups -OCH3 is 1. The maximum atomic E-state index is 10.7. The molecule has 0 saturated carbocycles. The van der Waals surface area contributed by atoms with Crippen molar-refractivity contribution in [3.8, 4) is 5.75 Å². The zero-order chi connectivity index (χ0) is 12.8. The minimum absolute atomic E-state index is 0.0191. The Labute approximate surface area is 101 Å². The lowest BCUT2D eigenvalue weighted by Crippen LogP contribution is -2.24. The summed E-state index contributed by atoms with van der Waals surface area (Å²) in [5.41, 5.74) is 0.259. The molecule has 94 valence electrons. The van der Waals surface area contributed by atoms with E-state index in [4.69, 9.17) is 14.6 Å². The normalized spacial score (nSPS) is 14.1. The van der Waals surface area contributed by atoms with Crippen molar-refractivity contribution in [1.29, 1.82) is 0 Å². The Morgan fingerprint density at radius 2 is 1.88 bits per heavy atom. The second kappa shape index (κ2) is 6.25. The summed E-state index contributed by atoms with van der Waals surface area (Å²) in [4.78, 5) is 10.7. The van der Waals surface area contributed by atoms with Crippen LogP contribution in [0.15, 0.2) is 24.3 Å². The molecule has 4 nitrogen and oxygen atoms in total. The van der Waals surface area contributed by atoms with Gasteiger partial charge in [0.1, 0.15) is 11.9 Å². The number of hydrogen-bond donors (Lipinski definition) is 1. The van der Waals surface area contributed by atoms with Crippen molar-refractivity contribution in [1.82, 2.24) is 0 Å². The lowest BCUT2D eigenvalue weighted by atomic mass is 10.1. The molecule has 0 aromatic heterocycles. The van der Waals surface area contributed by atoms with Crippen molar-refractivity contribution >= 4 is 5.97 Å². The first-order chi connectivity index (χ1) is 8.04. The van der Waals surface area contributed by atoms with Gasteiger partial charge >= 0.3 is 5.97 Å². The van der Waals surface area contributed by atoms with E-state index in [0.29, 0.717) is 12.4 Å². The van der Waals surface area contributed by atoms with E-state index < -0.39 is 5.97 Å². The third-order valence-electron chi connectivity index (χ3n) is 2.65. The van der Waals surface area contributed by atoms with Crippen LogP contribution in [0.3, 0.4) is 0 Å². The Bertz CT molecular complexity index is 358. The molecule has 0 unspecified atom stereocenters. The van der Waals surface area contributed by atoms with Gasteiger partial charge in [0, 0.05) is 13.0 Å². The largest absolute Gasteiger partial charge is 0.490 e. The minimum atomic E-state index is -0.933. The van der Waals surface area contributed by atoms with Crippen LogP contribution < -0.4 is 4.74 Å². The summed E-state index contributed by atoms with van der Waals surface area (Å²) in [6.45, 7) is 4.64. The molecular formula is C13H18O4. The maximum Gasteiger partial charge on any atom is 0.335 e. The lowest BCUT2D eigenvalue weighted by Gasteiger charge is -2.20. The first-order valence-corrected chi connectivity index (χ1v) is 5.53. The number of hydrogen-bond acceptors (Lipinski definition) is 3. The fourth-order valence-electron chi connectivity index (χ4n) is 1.41. The second-order valence-electron chi connectivity index (χ2n) is 4.09. The van der Waals surface area contributed by atoms with Gasteiger partial charge in [-0.2, -0.15) is 0 Å². The van der Waals surface area contributed by atoms with E-state index >= 15 is 0 Å². The van der Waals surface area contributed by atoms with E-state index in [1.54, 1.807) is 19.2 Å². The fourth-order valence-corrected chi connectivity index (χ4v) is 1.41. The number of carboxylic acids is 1. The third-order valence-corrected chi connectivity index (χ3v) is 2.65. The molecule has 0 heterocycles. The predicted molar refractivity (Wildman–Crippen MR) is 64.5 cm³/mol. The molecule has 0 spiro atoms. The number of carbonyl (C=O) groups is 1. The van der Waals surface area contributed by atoms with Crippen LogP contribution in [-0.4, -0.2) is 30.9 Å². The molecule has 2 atom stereocenters. The fraction of sp³-hybridized carbons (Fsp3) is 0.462. The molecular weight excluding hydrogens is 220 g/mol. The van der Waals surface area contributed by atoms with Gasteiger partial charge in [0.15, 0.2) is 0 Å². The number of aromatic carboxylic acids is 1. The zero-order valence-electron chi connectivity index (χ0n) is 10.3. The van der Waals surface area contributed by atoms with Gasteiger partial charge in [-0.05, 0) is 31.2 Å². The van der Waals surface area contributed by atoms with Crippen molar-refractivity contribution < 1.29 is 19.4 Å². The quantitative estimate of drug-likeness (QED) is 0.827. The standard InChI is InChI=1S/C13H18O4/c1-9(8-16-3)10(2)17-12-6-4-11(5-7-12)13(14)15/h4-7,9-10H,8H2,1-3H3,(H,14,15)/t9-,10+/m0/s1. The van der Waals surface area contributed by atoms with Gasteiger partial charge < -0.3 is 14.6 Å². The van der Waals surface area contributed by atoms with E-state index in [0.717, 1.165) is 0 Å². The van der Waals surface area contributed by atoms with Crippen molar-refractivity contribution in [2.75, 3.05) is 13.7 Å². The van der Waals surface area contributed by atoms with Crippen LogP contribution in [0.1, 0.15) is 24.2 Å². The van der Waals surface area contributed by atoms with Crippen LogP contribution in [-0.2, 0) is 4.74 Å². The van der Waals surface area contributed by atoms with Crippen LogP contribution in [0.5, 0.6) is 5.75 Å². The highest BCUT2D eigenvalue weighted by Crippen LogP contribution is 2.17. The molecule has 0 amide bonds. The number of carboxylic acid groups (broad SMARTS) is 1. The summed E-state index contributed by atoms with van der Waals surface area (Å²) < 4.78 is 10.7. The van der Waals surface area contributed by atoms with Crippen molar-refractivity contribution in [2.24, 2.45) is 5.92 Å². The van der Waals surface area contributed by atoms with Gasteiger partial charge in [0.2, 0.25) is 0 Å². The Morgan fingerprint density at radius 1 is 1.29 bits per heavy atom. The molecule has 0 bridgehead atoms. The molecule has 0 radical (unpaired) electrons. The van der Waals surface area contributed by atoms with Gasteiger partial charge in [-0.15, -0.1) is 0 Å².